The Labute approximate surface area is 153 Å². The first-order chi connectivity index (χ1) is 12.6. The fourth-order valence-corrected chi connectivity index (χ4v) is 2.99. The maximum Gasteiger partial charge on any atom is 0.221 e. The Morgan fingerprint density at radius 3 is 2.77 bits per heavy atom. The zero-order valence-corrected chi connectivity index (χ0v) is 14.6. The number of nitrogens with two attached hydrogens (primary N) is 1. The summed E-state index contributed by atoms with van der Waals surface area (Å²) in [6.45, 7) is 0.363. The molecule has 0 radical (unpaired) electrons. The Morgan fingerprint density at radius 2 is 2.04 bits per heavy atom. The summed E-state index contributed by atoms with van der Waals surface area (Å²) in [6, 6.07) is 9.65. The van der Waals surface area contributed by atoms with E-state index >= 15 is 0 Å². The molecule has 0 fully saturated rings. The summed E-state index contributed by atoms with van der Waals surface area (Å²) in [6.07, 6.45) is 3.63. The number of nitrogens with one attached hydrogen (secondary N) is 1. The van der Waals surface area contributed by atoms with Gasteiger partial charge < -0.3 is 11.2 Å². The van der Waals surface area contributed by atoms with Crippen LogP contribution in [-0.2, 0) is 11.3 Å². The molecule has 1 amide bonds. The highest BCUT2D eigenvalue weighted by atomic mass is 32.2. The van der Waals surface area contributed by atoms with E-state index in [1.807, 2.05) is 6.07 Å². The number of thioether (sulfide) groups is 1. The van der Waals surface area contributed by atoms with Crippen LogP contribution in [0, 0.1) is 5.82 Å². The topological polar surface area (TPSA) is 98.7 Å². The van der Waals surface area contributed by atoms with Crippen molar-refractivity contribution in [2.45, 2.75) is 18.1 Å². The number of halogens is 1. The maximum absolute atomic E-state index is 12.8. The van der Waals surface area contributed by atoms with E-state index in [2.05, 4.69) is 20.5 Å². The van der Waals surface area contributed by atoms with Crippen molar-refractivity contribution in [1.29, 1.82) is 0 Å². The SMILES string of the molecule is Nn1c(SCCC(=O)NCc2ccc(F)cc2)nnc1-c1cccnc1. The van der Waals surface area contributed by atoms with Gasteiger partial charge in [-0.1, -0.05) is 23.9 Å². The second kappa shape index (κ2) is 8.43. The van der Waals surface area contributed by atoms with E-state index in [-0.39, 0.29) is 11.7 Å². The van der Waals surface area contributed by atoms with Crippen LogP contribution in [0.5, 0.6) is 0 Å². The Bertz CT molecular complexity index is 869. The molecule has 26 heavy (non-hydrogen) atoms. The third-order valence-electron chi connectivity index (χ3n) is 3.55. The van der Waals surface area contributed by atoms with Crippen LogP contribution in [0.25, 0.3) is 11.4 Å². The van der Waals surface area contributed by atoms with Crippen LogP contribution >= 0.6 is 11.8 Å². The molecular weight excluding hydrogens is 355 g/mol. The van der Waals surface area contributed by atoms with E-state index < -0.39 is 0 Å². The molecule has 1 aromatic carbocycles. The number of amides is 1. The molecule has 7 nitrogen and oxygen atoms in total. The van der Waals surface area contributed by atoms with Gasteiger partial charge in [-0.25, -0.2) is 9.07 Å². The lowest BCUT2D eigenvalue weighted by molar-refractivity contribution is -0.120. The van der Waals surface area contributed by atoms with Crippen LogP contribution in [0.1, 0.15) is 12.0 Å². The predicted molar refractivity (Wildman–Crippen MR) is 97.0 cm³/mol. The Kier molecular flexibility index (Phi) is 5.80. The highest BCUT2D eigenvalue weighted by molar-refractivity contribution is 7.99. The van der Waals surface area contributed by atoms with Crippen LogP contribution in [0.4, 0.5) is 4.39 Å². The van der Waals surface area contributed by atoms with E-state index in [0.717, 1.165) is 11.1 Å². The second-order valence-electron chi connectivity index (χ2n) is 5.42. The number of hydrogen-bond donors (Lipinski definition) is 2. The van der Waals surface area contributed by atoms with E-state index in [1.54, 1.807) is 30.6 Å². The molecule has 2 aromatic heterocycles. The van der Waals surface area contributed by atoms with Gasteiger partial charge in [0, 0.05) is 36.7 Å². The molecule has 0 unspecified atom stereocenters. The van der Waals surface area contributed by atoms with Gasteiger partial charge >= 0.3 is 0 Å². The summed E-state index contributed by atoms with van der Waals surface area (Å²) in [5, 5.41) is 11.4. The molecule has 134 valence electrons. The summed E-state index contributed by atoms with van der Waals surface area (Å²) in [5.74, 6) is 6.64. The lowest BCUT2D eigenvalue weighted by Gasteiger charge is -2.06. The highest BCUT2D eigenvalue weighted by Crippen LogP contribution is 2.21. The van der Waals surface area contributed by atoms with Crippen molar-refractivity contribution in [3.63, 3.8) is 0 Å². The summed E-state index contributed by atoms with van der Waals surface area (Å²) in [4.78, 5) is 15.9. The largest absolute Gasteiger partial charge is 0.352 e. The minimum absolute atomic E-state index is 0.0996. The summed E-state index contributed by atoms with van der Waals surface area (Å²) in [5.41, 5.74) is 1.61. The van der Waals surface area contributed by atoms with Crippen molar-refractivity contribution >= 4 is 17.7 Å². The van der Waals surface area contributed by atoms with Gasteiger partial charge in [-0.3, -0.25) is 9.78 Å². The number of pyridine rings is 1. The van der Waals surface area contributed by atoms with Crippen molar-refractivity contribution < 1.29 is 9.18 Å². The number of carbonyl (C=O) groups is 1. The predicted octanol–water partition coefficient (Wildman–Crippen LogP) is 1.99. The number of nitrogen functional groups attached to an aromatic ring is 1. The smallest absolute Gasteiger partial charge is 0.221 e. The van der Waals surface area contributed by atoms with Gasteiger partial charge in [-0.2, -0.15) is 0 Å². The highest BCUT2D eigenvalue weighted by Gasteiger charge is 2.12. The van der Waals surface area contributed by atoms with Gasteiger partial charge in [0.05, 0.1) is 0 Å². The van der Waals surface area contributed by atoms with Gasteiger partial charge in [-0.15, -0.1) is 10.2 Å². The first kappa shape index (κ1) is 17.9. The van der Waals surface area contributed by atoms with Gasteiger partial charge in [-0.05, 0) is 29.8 Å². The number of aromatic nitrogens is 4. The third kappa shape index (κ3) is 4.57. The molecule has 2 heterocycles. The minimum atomic E-state index is -0.298. The number of benzene rings is 1. The van der Waals surface area contributed by atoms with Crippen LogP contribution in [0.15, 0.2) is 53.9 Å². The van der Waals surface area contributed by atoms with Crippen LogP contribution in [0.3, 0.4) is 0 Å². The molecule has 3 N–H and O–H groups in total. The fraction of sp³-hybridized carbons (Fsp3) is 0.176. The number of rotatable bonds is 7. The number of carbonyl (C=O) groups excluding carboxylic acids is 1. The van der Waals surface area contributed by atoms with Crippen molar-refractivity contribution in [2.75, 3.05) is 11.6 Å². The molecule has 0 aliphatic heterocycles. The molecule has 0 aliphatic carbocycles. The summed E-state index contributed by atoms with van der Waals surface area (Å²) < 4.78 is 14.2. The molecule has 0 spiro atoms. The molecule has 9 heteroatoms. The average Bonchev–Trinajstić information content (AvgIpc) is 3.03. The van der Waals surface area contributed by atoms with E-state index in [9.17, 15) is 9.18 Å². The van der Waals surface area contributed by atoms with Gasteiger partial charge in [0.2, 0.25) is 11.1 Å². The number of hydrogen-bond acceptors (Lipinski definition) is 6. The second-order valence-corrected chi connectivity index (χ2v) is 6.48. The van der Waals surface area contributed by atoms with Gasteiger partial charge in [0.25, 0.3) is 0 Å². The standard InChI is InChI=1S/C17H17FN6OS/c18-14-5-3-12(4-6-14)10-21-15(25)7-9-26-17-23-22-16(24(17)19)13-2-1-8-20-11-13/h1-6,8,11H,7,9-10,19H2,(H,21,25). The van der Waals surface area contributed by atoms with Crippen molar-refractivity contribution in [3.8, 4) is 11.4 Å². The Hall–Kier alpha value is -2.94. The van der Waals surface area contributed by atoms with Crippen LogP contribution in [-0.4, -0.2) is 31.5 Å². The molecule has 0 saturated carbocycles. The molecule has 0 saturated heterocycles. The zero-order valence-electron chi connectivity index (χ0n) is 13.8. The van der Waals surface area contributed by atoms with Crippen molar-refractivity contribution in [2.24, 2.45) is 0 Å². The quantitative estimate of drug-likeness (QED) is 0.486. The van der Waals surface area contributed by atoms with E-state index in [0.29, 0.717) is 29.7 Å². The molecule has 0 aliphatic rings. The summed E-state index contributed by atoms with van der Waals surface area (Å²) >= 11 is 1.35. The number of nitrogens with zero attached hydrogens (tertiary/aromatic N) is 4. The fourth-order valence-electron chi connectivity index (χ4n) is 2.19. The van der Waals surface area contributed by atoms with Crippen molar-refractivity contribution in [3.05, 3.63) is 60.2 Å². The van der Waals surface area contributed by atoms with Gasteiger partial charge in [0.1, 0.15) is 5.82 Å². The normalized spacial score (nSPS) is 10.7. The third-order valence-corrected chi connectivity index (χ3v) is 4.49. The monoisotopic (exact) mass is 372 g/mol. The van der Waals surface area contributed by atoms with Crippen molar-refractivity contribution in [1.82, 2.24) is 25.2 Å². The molecular formula is C17H17FN6OS. The lowest BCUT2D eigenvalue weighted by Crippen LogP contribution is -2.23. The van der Waals surface area contributed by atoms with Crippen LogP contribution in [0.2, 0.25) is 0 Å². The van der Waals surface area contributed by atoms with Gasteiger partial charge in [0.15, 0.2) is 5.82 Å². The molecule has 3 aromatic rings. The van der Waals surface area contributed by atoms with E-state index in [1.165, 1.54) is 28.6 Å². The minimum Gasteiger partial charge on any atom is -0.352 e. The molecule has 3 rings (SSSR count). The average molecular weight is 372 g/mol. The van der Waals surface area contributed by atoms with Crippen LogP contribution < -0.4 is 11.2 Å². The first-order valence-corrected chi connectivity index (χ1v) is 8.87. The molecule has 0 atom stereocenters. The first-order valence-electron chi connectivity index (χ1n) is 7.88. The molecule has 0 bridgehead atoms. The summed E-state index contributed by atoms with van der Waals surface area (Å²) in [7, 11) is 0. The Morgan fingerprint density at radius 1 is 1.23 bits per heavy atom. The zero-order chi connectivity index (χ0) is 18.4. The van der Waals surface area contributed by atoms with E-state index in [4.69, 9.17) is 5.84 Å². The Balaban J connectivity index is 1.47. The lowest BCUT2D eigenvalue weighted by atomic mass is 10.2. The maximum atomic E-state index is 12.8.